The molecule has 1 saturated heterocycles. The molecule has 1 atom stereocenters. The van der Waals surface area contributed by atoms with Crippen molar-refractivity contribution < 1.29 is 4.79 Å². The molecule has 0 saturated carbocycles. The SMILES string of the molecule is CC(NC(=O)CCc1ccc(Cl)cc1)c1ccc(N2CCCCC2)cc1. The molecular formula is C22H27ClN2O. The van der Waals surface area contributed by atoms with E-state index in [0.29, 0.717) is 6.42 Å². The zero-order valence-electron chi connectivity index (χ0n) is 15.4. The zero-order valence-corrected chi connectivity index (χ0v) is 16.1. The highest BCUT2D eigenvalue weighted by atomic mass is 35.5. The molecule has 4 heteroatoms. The van der Waals surface area contributed by atoms with E-state index < -0.39 is 0 Å². The predicted octanol–water partition coefficient (Wildman–Crippen LogP) is 5.14. The number of nitrogens with zero attached hydrogens (tertiary/aromatic N) is 1. The fourth-order valence-electron chi connectivity index (χ4n) is 3.43. The Morgan fingerprint density at radius 2 is 1.69 bits per heavy atom. The van der Waals surface area contributed by atoms with Crippen LogP contribution in [0.4, 0.5) is 5.69 Å². The second-order valence-corrected chi connectivity index (χ2v) is 7.49. The zero-order chi connectivity index (χ0) is 18.4. The van der Waals surface area contributed by atoms with E-state index in [2.05, 4.69) is 34.5 Å². The van der Waals surface area contributed by atoms with Crippen molar-refractivity contribution >= 4 is 23.2 Å². The minimum absolute atomic E-state index is 0.0168. The van der Waals surface area contributed by atoms with E-state index in [1.54, 1.807) is 0 Å². The highest BCUT2D eigenvalue weighted by molar-refractivity contribution is 6.30. The Kier molecular flexibility index (Phi) is 6.56. The third kappa shape index (κ3) is 5.25. The Labute approximate surface area is 161 Å². The fraction of sp³-hybridized carbons (Fsp3) is 0.409. The summed E-state index contributed by atoms with van der Waals surface area (Å²) in [7, 11) is 0. The van der Waals surface area contributed by atoms with E-state index in [-0.39, 0.29) is 11.9 Å². The maximum absolute atomic E-state index is 12.2. The molecule has 1 amide bonds. The second-order valence-electron chi connectivity index (χ2n) is 7.05. The molecule has 3 rings (SSSR count). The number of amides is 1. The van der Waals surface area contributed by atoms with E-state index in [1.165, 1.54) is 24.9 Å². The van der Waals surface area contributed by atoms with Gasteiger partial charge in [0, 0.05) is 30.2 Å². The van der Waals surface area contributed by atoms with Crippen molar-refractivity contribution in [2.24, 2.45) is 0 Å². The van der Waals surface area contributed by atoms with Gasteiger partial charge in [-0.05, 0) is 68.0 Å². The van der Waals surface area contributed by atoms with E-state index in [1.807, 2.05) is 31.2 Å². The van der Waals surface area contributed by atoms with Crippen LogP contribution in [0.3, 0.4) is 0 Å². The second kappa shape index (κ2) is 9.09. The third-order valence-corrected chi connectivity index (χ3v) is 5.30. The number of carbonyl (C=O) groups excluding carboxylic acids is 1. The predicted molar refractivity (Wildman–Crippen MR) is 109 cm³/mol. The maximum Gasteiger partial charge on any atom is 0.220 e. The number of rotatable bonds is 6. The molecule has 138 valence electrons. The molecule has 26 heavy (non-hydrogen) atoms. The Morgan fingerprint density at radius 1 is 1.04 bits per heavy atom. The molecule has 1 N–H and O–H groups in total. The van der Waals surface area contributed by atoms with Crippen molar-refractivity contribution in [1.82, 2.24) is 5.32 Å². The lowest BCUT2D eigenvalue weighted by atomic mass is 10.1. The van der Waals surface area contributed by atoms with Gasteiger partial charge in [0.25, 0.3) is 0 Å². The van der Waals surface area contributed by atoms with Crippen LogP contribution in [0.15, 0.2) is 48.5 Å². The number of nitrogens with one attached hydrogen (secondary N) is 1. The summed E-state index contributed by atoms with van der Waals surface area (Å²) in [6, 6.07) is 16.3. The average molecular weight is 371 g/mol. The Balaban J connectivity index is 1.49. The van der Waals surface area contributed by atoms with Crippen molar-refractivity contribution in [2.75, 3.05) is 18.0 Å². The van der Waals surface area contributed by atoms with Crippen LogP contribution in [0.25, 0.3) is 0 Å². The van der Waals surface area contributed by atoms with E-state index in [9.17, 15) is 4.79 Å². The summed E-state index contributed by atoms with van der Waals surface area (Å²) < 4.78 is 0. The molecule has 2 aromatic carbocycles. The number of hydrogen-bond donors (Lipinski definition) is 1. The average Bonchev–Trinajstić information content (AvgIpc) is 2.68. The van der Waals surface area contributed by atoms with Gasteiger partial charge in [-0.2, -0.15) is 0 Å². The van der Waals surface area contributed by atoms with Gasteiger partial charge < -0.3 is 10.2 Å². The smallest absolute Gasteiger partial charge is 0.220 e. The topological polar surface area (TPSA) is 32.3 Å². The Hall–Kier alpha value is -2.00. The first-order valence-corrected chi connectivity index (χ1v) is 9.88. The lowest BCUT2D eigenvalue weighted by Crippen LogP contribution is -2.29. The summed E-state index contributed by atoms with van der Waals surface area (Å²) in [5.41, 5.74) is 3.56. The molecule has 0 aromatic heterocycles. The highest BCUT2D eigenvalue weighted by Crippen LogP contribution is 2.22. The molecule has 0 radical (unpaired) electrons. The summed E-state index contributed by atoms with van der Waals surface area (Å²) in [6.45, 7) is 4.34. The first kappa shape index (κ1) is 18.8. The molecule has 3 nitrogen and oxygen atoms in total. The molecule has 2 aromatic rings. The van der Waals surface area contributed by atoms with Gasteiger partial charge in [0.1, 0.15) is 0 Å². The van der Waals surface area contributed by atoms with Crippen LogP contribution in [-0.4, -0.2) is 19.0 Å². The van der Waals surface area contributed by atoms with Crippen LogP contribution in [-0.2, 0) is 11.2 Å². The van der Waals surface area contributed by atoms with Crippen LogP contribution < -0.4 is 10.2 Å². The number of piperidine rings is 1. The lowest BCUT2D eigenvalue weighted by molar-refractivity contribution is -0.121. The minimum Gasteiger partial charge on any atom is -0.372 e. The summed E-state index contributed by atoms with van der Waals surface area (Å²) in [4.78, 5) is 14.7. The van der Waals surface area contributed by atoms with Crippen LogP contribution in [0, 0.1) is 0 Å². The Morgan fingerprint density at radius 3 is 2.35 bits per heavy atom. The van der Waals surface area contributed by atoms with Crippen LogP contribution >= 0.6 is 11.6 Å². The van der Waals surface area contributed by atoms with Crippen molar-refractivity contribution in [2.45, 2.75) is 45.1 Å². The van der Waals surface area contributed by atoms with Gasteiger partial charge in [-0.1, -0.05) is 35.9 Å². The molecule has 0 aliphatic carbocycles. The number of aryl methyl sites for hydroxylation is 1. The van der Waals surface area contributed by atoms with Gasteiger partial charge in [0.05, 0.1) is 6.04 Å². The van der Waals surface area contributed by atoms with Crippen molar-refractivity contribution in [3.63, 3.8) is 0 Å². The van der Waals surface area contributed by atoms with Crippen LogP contribution in [0.5, 0.6) is 0 Å². The third-order valence-electron chi connectivity index (χ3n) is 5.05. The fourth-order valence-corrected chi connectivity index (χ4v) is 3.56. The first-order chi connectivity index (χ1) is 12.6. The van der Waals surface area contributed by atoms with Gasteiger partial charge >= 0.3 is 0 Å². The van der Waals surface area contributed by atoms with Crippen LogP contribution in [0.2, 0.25) is 5.02 Å². The van der Waals surface area contributed by atoms with Gasteiger partial charge in [-0.25, -0.2) is 0 Å². The summed E-state index contributed by atoms with van der Waals surface area (Å²) in [5, 5.41) is 3.82. The number of hydrogen-bond acceptors (Lipinski definition) is 2. The van der Waals surface area contributed by atoms with Gasteiger partial charge in [-0.3, -0.25) is 4.79 Å². The van der Waals surface area contributed by atoms with Crippen LogP contribution in [0.1, 0.15) is 49.8 Å². The number of carbonyl (C=O) groups is 1. The molecule has 1 unspecified atom stereocenters. The van der Waals surface area contributed by atoms with Gasteiger partial charge in [0.2, 0.25) is 5.91 Å². The monoisotopic (exact) mass is 370 g/mol. The molecule has 1 heterocycles. The largest absolute Gasteiger partial charge is 0.372 e. The molecule has 1 fully saturated rings. The van der Waals surface area contributed by atoms with Gasteiger partial charge in [-0.15, -0.1) is 0 Å². The summed E-state index contributed by atoms with van der Waals surface area (Å²) in [5.74, 6) is 0.0764. The molecular weight excluding hydrogens is 344 g/mol. The normalized spacial score (nSPS) is 15.5. The summed E-state index contributed by atoms with van der Waals surface area (Å²) >= 11 is 5.89. The first-order valence-electron chi connectivity index (χ1n) is 9.50. The van der Waals surface area contributed by atoms with E-state index >= 15 is 0 Å². The maximum atomic E-state index is 12.2. The number of halogens is 1. The van der Waals surface area contributed by atoms with Crippen molar-refractivity contribution in [3.05, 3.63) is 64.7 Å². The van der Waals surface area contributed by atoms with Crippen molar-refractivity contribution in [1.29, 1.82) is 0 Å². The van der Waals surface area contributed by atoms with Gasteiger partial charge in [0.15, 0.2) is 0 Å². The lowest BCUT2D eigenvalue weighted by Gasteiger charge is -2.29. The minimum atomic E-state index is 0.0168. The Bertz CT molecular complexity index is 706. The highest BCUT2D eigenvalue weighted by Gasteiger charge is 2.13. The standard InChI is InChI=1S/C22H27ClN2O/c1-17(24-22(26)14-7-18-5-10-20(23)11-6-18)19-8-12-21(13-9-19)25-15-3-2-4-16-25/h5-6,8-13,17H,2-4,7,14-16H2,1H3,(H,24,26). The number of anilines is 1. The molecule has 0 spiro atoms. The van der Waals surface area contributed by atoms with E-state index in [0.717, 1.165) is 35.7 Å². The van der Waals surface area contributed by atoms with E-state index in [4.69, 9.17) is 11.6 Å². The molecule has 0 bridgehead atoms. The number of benzene rings is 2. The summed E-state index contributed by atoms with van der Waals surface area (Å²) in [6.07, 6.45) is 5.11. The molecule has 1 aliphatic rings. The quantitative estimate of drug-likeness (QED) is 0.763. The molecule has 1 aliphatic heterocycles. The van der Waals surface area contributed by atoms with Crippen molar-refractivity contribution in [3.8, 4) is 0 Å².